The Balaban J connectivity index is 3.15. The molecular formula is C10H19N5O2. The van der Waals surface area contributed by atoms with Gasteiger partial charge in [-0.05, 0) is 6.92 Å². The normalized spacial score (nSPS) is 11.5. The summed E-state index contributed by atoms with van der Waals surface area (Å²) in [6.07, 6.45) is 0. The maximum Gasteiger partial charge on any atom is 0.296 e. The maximum absolute atomic E-state index is 12.0. The van der Waals surface area contributed by atoms with Gasteiger partial charge in [-0.25, -0.2) is 0 Å². The third-order valence-corrected chi connectivity index (χ3v) is 2.43. The fraction of sp³-hybridized carbons (Fsp3) is 0.700. The summed E-state index contributed by atoms with van der Waals surface area (Å²) in [5.41, 5.74) is -0.588. The maximum atomic E-state index is 12.0. The van der Waals surface area contributed by atoms with Crippen LogP contribution in [0.2, 0.25) is 0 Å². The summed E-state index contributed by atoms with van der Waals surface area (Å²) in [4.78, 5) is 12.0. The largest absolute Gasteiger partial charge is 0.381 e. The summed E-state index contributed by atoms with van der Waals surface area (Å²) < 4.78 is 6.29. The second kappa shape index (κ2) is 5.13. The van der Waals surface area contributed by atoms with E-state index in [1.165, 1.54) is 0 Å². The predicted molar refractivity (Wildman–Crippen MR) is 65.5 cm³/mol. The van der Waals surface area contributed by atoms with E-state index < -0.39 is 5.41 Å². The molecule has 0 radical (unpaired) electrons. The molecule has 0 bridgehead atoms. The number of hydrogen-bond donors (Lipinski definition) is 2. The minimum absolute atomic E-state index is 0.228. The lowest BCUT2D eigenvalue weighted by atomic mass is 9.91. The van der Waals surface area contributed by atoms with E-state index in [2.05, 4.69) is 15.5 Å². The number of nitrogens with one attached hydrogen (secondary N) is 1. The molecule has 1 rings (SSSR count). The zero-order valence-corrected chi connectivity index (χ0v) is 10.6. The highest BCUT2D eigenvalue weighted by Crippen LogP contribution is 2.18. The lowest BCUT2D eigenvalue weighted by Crippen LogP contribution is -2.41. The molecule has 0 amide bonds. The molecule has 7 heteroatoms. The Kier molecular flexibility index (Phi) is 4.06. The van der Waals surface area contributed by atoms with Crippen LogP contribution in [0.4, 0.5) is 5.95 Å². The number of aromatic nitrogens is 3. The Bertz CT molecular complexity index is 441. The highest BCUT2D eigenvalue weighted by molar-refractivity contribution is 5.24. The zero-order chi connectivity index (χ0) is 13.1. The van der Waals surface area contributed by atoms with Gasteiger partial charge in [-0.15, -0.1) is 10.2 Å². The van der Waals surface area contributed by atoms with Crippen LogP contribution >= 0.6 is 0 Å². The SMILES string of the molecule is CCOCC(C)(C)c1nnc(NC)n(N)c1=O. The number of rotatable bonds is 5. The fourth-order valence-electron chi connectivity index (χ4n) is 1.42. The number of anilines is 1. The molecule has 0 fully saturated rings. The first-order valence-electron chi connectivity index (χ1n) is 5.44. The molecule has 96 valence electrons. The molecule has 1 aromatic rings. The Morgan fingerprint density at radius 2 is 2.12 bits per heavy atom. The molecule has 1 aromatic heterocycles. The van der Waals surface area contributed by atoms with E-state index in [4.69, 9.17) is 10.6 Å². The summed E-state index contributed by atoms with van der Waals surface area (Å²) in [6.45, 7) is 6.61. The topological polar surface area (TPSA) is 95.1 Å². The first kappa shape index (κ1) is 13.4. The quantitative estimate of drug-likeness (QED) is 0.688. The van der Waals surface area contributed by atoms with E-state index in [1.807, 2.05) is 20.8 Å². The number of hydrogen-bond acceptors (Lipinski definition) is 6. The van der Waals surface area contributed by atoms with Crippen LogP contribution in [0.3, 0.4) is 0 Å². The second-order valence-corrected chi connectivity index (χ2v) is 4.32. The number of nitrogen functional groups attached to an aromatic ring is 1. The van der Waals surface area contributed by atoms with Gasteiger partial charge >= 0.3 is 0 Å². The zero-order valence-electron chi connectivity index (χ0n) is 10.6. The second-order valence-electron chi connectivity index (χ2n) is 4.32. The molecule has 0 aliphatic heterocycles. The summed E-state index contributed by atoms with van der Waals surface area (Å²) in [7, 11) is 1.62. The molecule has 0 aliphatic rings. The van der Waals surface area contributed by atoms with Crippen LogP contribution < -0.4 is 16.7 Å². The molecule has 0 aromatic carbocycles. The van der Waals surface area contributed by atoms with Crippen molar-refractivity contribution in [1.82, 2.24) is 14.9 Å². The minimum Gasteiger partial charge on any atom is -0.381 e. The molecule has 3 N–H and O–H groups in total. The monoisotopic (exact) mass is 241 g/mol. The van der Waals surface area contributed by atoms with Gasteiger partial charge in [0.2, 0.25) is 5.95 Å². The van der Waals surface area contributed by atoms with Crippen molar-refractivity contribution < 1.29 is 4.74 Å². The Morgan fingerprint density at radius 1 is 1.47 bits per heavy atom. The highest BCUT2D eigenvalue weighted by Gasteiger charge is 2.28. The molecule has 0 spiro atoms. The highest BCUT2D eigenvalue weighted by atomic mass is 16.5. The number of ether oxygens (including phenoxy) is 1. The molecule has 0 aliphatic carbocycles. The van der Waals surface area contributed by atoms with E-state index in [0.29, 0.717) is 18.9 Å². The molecule has 0 saturated heterocycles. The third-order valence-electron chi connectivity index (χ3n) is 2.43. The van der Waals surface area contributed by atoms with Crippen LogP contribution in [0.1, 0.15) is 26.5 Å². The number of nitrogens with two attached hydrogens (primary N) is 1. The molecule has 0 atom stereocenters. The molecular weight excluding hydrogens is 222 g/mol. The van der Waals surface area contributed by atoms with E-state index >= 15 is 0 Å². The van der Waals surface area contributed by atoms with Gasteiger partial charge in [0.15, 0.2) is 0 Å². The fourth-order valence-corrected chi connectivity index (χ4v) is 1.42. The predicted octanol–water partition coefficient (Wildman–Crippen LogP) is -0.292. The van der Waals surface area contributed by atoms with Gasteiger partial charge in [0.25, 0.3) is 5.56 Å². The molecule has 0 unspecified atom stereocenters. The van der Waals surface area contributed by atoms with Crippen LogP contribution in [-0.4, -0.2) is 35.1 Å². The summed E-state index contributed by atoms with van der Waals surface area (Å²) >= 11 is 0. The Morgan fingerprint density at radius 3 is 2.65 bits per heavy atom. The van der Waals surface area contributed by atoms with Gasteiger partial charge in [-0.3, -0.25) is 4.79 Å². The van der Waals surface area contributed by atoms with Gasteiger partial charge in [-0.1, -0.05) is 13.8 Å². The van der Waals surface area contributed by atoms with Crippen LogP contribution in [0.5, 0.6) is 0 Å². The third kappa shape index (κ3) is 2.73. The summed E-state index contributed by atoms with van der Waals surface area (Å²) in [5.74, 6) is 5.85. The smallest absolute Gasteiger partial charge is 0.296 e. The summed E-state index contributed by atoms with van der Waals surface area (Å²) in [6, 6.07) is 0. The van der Waals surface area contributed by atoms with Gasteiger partial charge < -0.3 is 15.9 Å². The van der Waals surface area contributed by atoms with E-state index in [1.54, 1.807) is 7.05 Å². The first-order valence-corrected chi connectivity index (χ1v) is 5.44. The Hall–Kier alpha value is -1.63. The standard InChI is InChI=1S/C10H19N5O2/c1-5-17-6-10(2,3)7-8(16)15(11)9(12-4)14-13-7/h5-6,11H2,1-4H3,(H,12,14). The van der Waals surface area contributed by atoms with Gasteiger partial charge in [0, 0.05) is 19.1 Å². The van der Waals surface area contributed by atoms with Gasteiger partial charge in [-0.2, -0.15) is 4.68 Å². The van der Waals surface area contributed by atoms with Gasteiger partial charge in [0.05, 0.1) is 6.61 Å². The van der Waals surface area contributed by atoms with Crippen molar-refractivity contribution in [3.63, 3.8) is 0 Å². The van der Waals surface area contributed by atoms with Crippen molar-refractivity contribution in [2.24, 2.45) is 0 Å². The summed E-state index contributed by atoms with van der Waals surface area (Å²) in [5, 5.41) is 10.5. The van der Waals surface area contributed by atoms with Crippen LogP contribution in [-0.2, 0) is 10.2 Å². The average Bonchev–Trinajstić information content (AvgIpc) is 2.29. The van der Waals surface area contributed by atoms with Crippen molar-refractivity contribution in [2.75, 3.05) is 31.4 Å². The van der Waals surface area contributed by atoms with Crippen molar-refractivity contribution in [2.45, 2.75) is 26.2 Å². The van der Waals surface area contributed by atoms with Crippen LogP contribution in [0.15, 0.2) is 4.79 Å². The Labute approximate surface area is 100.0 Å². The molecule has 17 heavy (non-hydrogen) atoms. The van der Waals surface area contributed by atoms with Crippen LogP contribution in [0, 0.1) is 0 Å². The molecule has 1 heterocycles. The van der Waals surface area contributed by atoms with Crippen molar-refractivity contribution in [3.05, 3.63) is 16.0 Å². The molecule has 7 nitrogen and oxygen atoms in total. The van der Waals surface area contributed by atoms with E-state index in [0.717, 1.165) is 4.68 Å². The average molecular weight is 241 g/mol. The number of nitrogens with zero attached hydrogens (tertiary/aromatic N) is 3. The molecule has 0 saturated carbocycles. The minimum atomic E-state index is -0.520. The van der Waals surface area contributed by atoms with Crippen LogP contribution in [0.25, 0.3) is 0 Å². The van der Waals surface area contributed by atoms with E-state index in [9.17, 15) is 4.79 Å². The van der Waals surface area contributed by atoms with Crippen molar-refractivity contribution in [1.29, 1.82) is 0 Å². The van der Waals surface area contributed by atoms with E-state index in [-0.39, 0.29) is 11.5 Å². The van der Waals surface area contributed by atoms with Crippen molar-refractivity contribution >= 4 is 5.95 Å². The first-order chi connectivity index (χ1) is 7.94. The van der Waals surface area contributed by atoms with Gasteiger partial charge in [0.1, 0.15) is 5.69 Å². The lowest BCUT2D eigenvalue weighted by Gasteiger charge is -2.22. The lowest BCUT2D eigenvalue weighted by molar-refractivity contribution is 0.103. The van der Waals surface area contributed by atoms with Crippen molar-refractivity contribution in [3.8, 4) is 0 Å².